The van der Waals surface area contributed by atoms with Crippen molar-refractivity contribution in [3.05, 3.63) is 63.8 Å². The van der Waals surface area contributed by atoms with E-state index in [9.17, 15) is 0 Å². The van der Waals surface area contributed by atoms with E-state index in [0.29, 0.717) is 27.2 Å². The Kier molecular flexibility index (Phi) is 4.47. The van der Waals surface area contributed by atoms with Crippen LogP contribution in [0.1, 0.15) is 11.3 Å². The zero-order valence-corrected chi connectivity index (χ0v) is 13.3. The van der Waals surface area contributed by atoms with E-state index in [1.165, 1.54) is 0 Å². The van der Waals surface area contributed by atoms with E-state index < -0.39 is 0 Å². The first-order valence-corrected chi connectivity index (χ1v) is 7.42. The number of hydrogen-bond donors (Lipinski definition) is 1. The largest absolute Gasteiger partial charge is 0.489 e. The standard InChI is InChI=1S/C16H10Cl2N4O/c17-13-5-2-6-14(18)12(13)9-23-11-4-1-3-10(7-11)16-15(8-19)20-22-21-16/h1-7H,9H2,(H,20,21,22). The number of rotatable bonds is 4. The summed E-state index contributed by atoms with van der Waals surface area (Å²) in [5.41, 5.74) is 2.24. The fourth-order valence-corrected chi connectivity index (χ4v) is 2.57. The van der Waals surface area contributed by atoms with Crippen LogP contribution < -0.4 is 4.74 Å². The molecule has 1 heterocycles. The van der Waals surface area contributed by atoms with Gasteiger partial charge in [0.2, 0.25) is 0 Å². The molecule has 0 fully saturated rings. The van der Waals surface area contributed by atoms with Crippen molar-refractivity contribution >= 4 is 23.2 Å². The molecule has 0 aliphatic heterocycles. The number of ether oxygens (including phenoxy) is 1. The SMILES string of the molecule is N#Cc1[nH]nnc1-c1cccc(OCc2c(Cl)cccc2Cl)c1. The lowest BCUT2D eigenvalue weighted by Crippen LogP contribution is -1.97. The van der Waals surface area contributed by atoms with Gasteiger partial charge in [-0.3, -0.25) is 0 Å². The van der Waals surface area contributed by atoms with Gasteiger partial charge in [0.05, 0.1) is 0 Å². The second-order valence-corrected chi connectivity index (χ2v) is 5.48. The van der Waals surface area contributed by atoms with Crippen molar-refractivity contribution < 1.29 is 4.74 Å². The van der Waals surface area contributed by atoms with Crippen molar-refractivity contribution in [2.75, 3.05) is 0 Å². The molecule has 0 saturated heterocycles. The summed E-state index contributed by atoms with van der Waals surface area (Å²) in [6.07, 6.45) is 0. The molecule has 7 heteroatoms. The number of hydrogen-bond acceptors (Lipinski definition) is 4. The number of benzene rings is 2. The average molecular weight is 345 g/mol. The number of aromatic nitrogens is 3. The van der Waals surface area contributed by atoms with Crippen molar-refractivity contribution in [2.24, 2.45) is 0 Å². The molecule has 23 heavy (non-hydrogen) atoms. The fraction of sp³-hybridized carbons (Fsp3) is 0.0625. The monoisotopic (exact) mass is 344 g/mol. The second kappa shape index (κ2) is 6.69. The van der Waals surface area contributed by atoms with Crippen LogP contribution in [0.2, 0.25) is 10.0 Å². The van der Waals surface area contributed by atoms with Gasteiger partial charge >= 0.3 is 0 Å². The average Bonchev–Trinajstić information content (AvgIpc) is 3.03. The number of nitrogens with zero attached hydrogens (tertiary/aromatic N) is 3. The Hall–Kier alpha value is -2.55. The van der Waals surface area contributed by atoms with Gasteiger partial charge < -0.3 is 4.74 Å². The van der Waals surface area contributed by atoms with Crippen molar-refractivity contribution in [1.82, 2.24) is 15.4 Å². The van der Waals surface area contributed by atoms with Crippen molar-refractivity contribution in [2.45, 2.75) is 6.61 Å². The predicted molar refractivity (Wildman–Crippen MR) is 87.3 cm³/mol. The summed E-state index contributed by atoms with van der Waals surface area (Å²) in [7, 11) is 0. The van der Waals surface area contributed by atoms with Gasteiger partial charge in [-0.05, 0) is 24.3 Å². The van der Waals surface area contributed by atoms with Crippen LogP contribution in [-0.2, 0) is 6.61 Å². The summed E-state index contributed by atoms with van der Waals surface area (Å²) in [5.74, 6) is 0.616. The lowest BCUT2D eigenvalue weighted by molar-refractivity contribution is 0.306. The maximum Gasteiger partial charge on any atom is 0.163 e. The number of nitrogens with one attached hydrogen (secondary N) is 1. The fourth-order valence-electron chi connectivity index (χ4n) is 2.07. The lowest BCUT2D eigenvalue weighted by atomic mass is 10.1. The van der Waals surface area contributed by atoms with Crippen LogP contribution in [0, 0.1) is 11.3 Å². The van der Waals surface area contributed by atoms with Crippen LogP contribution in [0.15, 0.2) is 42.5 Å². The molecule has 114 valence electrons. The first-order valence-electron chi connectivity index (χ1n) is 6.66. The highest BCUT2D eigenvalue weighted by Crippen LogP contribution is 2.28. The molecule has 5 nitrogen and oxygen atoms in total. The molecule has 0 radical (unpaired) electrons. The van der Waals surface area contributed by atoms with Gasteiger partial charge in [-0.2, -0.15) is 5.26 Å². The molecule has 3 rings (SSSR count). The summed E-state index contributed by atoms with van der Waals surface area (Å²) in [6.45, 7) is 0.242. The highest BCUT2D eigenvalue weighted by Gasteiger charge is 2.11. The molecule has 1 N–H and O–H groups in total. The van der Waals surface area contributed by atoms with Gasteiger partial charge in [0.15, 0.2) is 5.69 Å². The van der Waals surface area contributed by atoms with E-state index >= 15 is 0 Å². The minimum absolute atomic E-state index is 0.242. The minimum atomic E-state index is 0.242. The Bertz CT molecular complexity index is 866. The molecule has 1 aromatic heterocycles. The van der Waals surface area contributed by atoms with E-state index in [0.717, 1.165) is 11.1 Å². The molecule has 3 aromatic rings. The molecule has 2 aromatic carbocycles. The lowest BCUT2D eigenvalue weighted by Gasteiger charge is -2.10. The Morgan fingerprint density at radius 1 is 1.13 bits per heavy atom. The molecular formula is C16H10Cl2N4O. The van der Waals surface area contributed by atoms with Gasteiger partial charge in [0.1, 0.15) is 24.1 Å². The van der Waals surface area contributed by atoms with Crippen LogP contribution in [0.5, 0.6) is 5.75 Å². The Balaban J connectivity index is 1.83. The van der Waals surface area contributed by atoms with E-state index in [4.69, 9.17) is 33.2 Å². The normalized spacial score (nSPS) is 10.3. The predicted octanol–water partition coefficient (Wildman–Crippen LogP) is 4.23. The topological polar surface area (TPSA) is 74.6 Å². The van der Waals surface area contributed by atoms with Crippen LogP contribution in [0.3, 0.4) is 0 Å². The summed E-state index contributed by atoms with van der Waals surface area (Å²) < 4.78 is 5.76. The van der Waals surface area contributed by atoms with E-state index in [2.05, 4.69) is 15.4 Å². The Labute approximate surface area is 142 Å². The first-order chi connectivity index (χ1) is 11.2. The maximum absolute atomic E-state index is 9.03. The molecule has 0 atom stereocenters. The Morgan fingerprint density at radius 3 is 2.61 bits per heavy atom. The second-order valence-electron chi connectivity index (χ2n) is 4.66. The van der Waals surface area contributed by atoms with E-state index in [1.54, 1.807) is 30.3 Å². The summed E-state index contributed by atoms with van der Waals surface area (Å²) >= 11 is 12.2. The van der Waals surface area contributed by atoms with E-state index in [1.807, 2.05) is 18.2 Å². The third-order valence-corrected chi connectivity index (χ3v) is 3.92. The highest BCUT2D eigenvalue weighted by atomic mass is 35.5. The Morgan fingerprint density at radius 2 is 1.87 bits per heavy atom. The highest BCUT2D eigenvalue weighted by molar-refractivity contribution is 6.35. The first kappa shape index (κ1) is 15.3. The zero-order valence-electron chi connectivity index (χ0n) is 11.8. The molecule has 0 amide bonds. The van der Waals surface area contributed by atoms with Crippen LogP contribution in [0.25, 0.3) is 11.3 Å². The number of nitriles is 1. The third-order valence-electron chi connectivity index (χ3n) is 3.21. The molecule has 0 unspecified atom stereocenters. The molecule has 0 bridgehead atoms. The van der Waals surface area contributed by atoms with Gasteiger partial charge in [0.25, 0.3) is 0 Å². The number of aromatic amines is 1. The van der Waals surface area contributed by atoms with Crippen molar-refractivity contribution in [3.63, 3.8) is 0 Å². The maximum atomic E-state index is 9.03. The molecule has 0 aliphatic rings. The van der Waals surface area contributed by atoms with Crippen molar-refractivity contribution in [3.8, 4) is 23.1 Å². The van der Waals surface area contributed by atoms with E-state index in [-0.39, 0.29) is 6.61 Å². The zero-order chi connectivity index (χ0) is 16.2. The molecule has 0 saturated carbocycles. The van der Waals surface area contributed by atoms with Gasteiger partial charge in [-0.15, -0.1) is 5.10 Å². The summed E-state index contributed by atoms with van der Waals surface area (Å²) in [4.78, 5) is 0. The van der Waals surface area contributed by atoms with Gasteiger partial charge in [0, 0.05) is 21.2 Å². The minimum Gasteiger partial charge on any atom is -0.489 e. The van der Waals surface area contributed by atoms with Crippen LogP contribution in [-0.4, -0.2) is 15.4 Å². The summed E-state index contributed by atoms with van der Waals surface area (Å²) in [5, 5.41) is 20.2. The number of halogens is 2. The number of H-pyrrole nitrogens is 1. The van der Waals surface area contributed by atoms with Crippen LogP contribution >= 0.6 is 23.2 Å². The van der Waals surface area contributed by atoms with Gasteiger partial charge in [-0.1, -0.05) is 46.6 Å². The smallest absolute Gasteiger partial charge is 0.163 e. The van der Waals surface area contributed by atoms with Crippen LogP contribution in [0.4, 0.5) is 0 Å². The molecular weight excluding hydrogens is 335 g/mol. The third kappa shape index (κ3) is 3.29. The summed E-state index contributed by atoms with van der Waals surface area (Å²) in [6, 6.07) is 14.5. The van der Waals surface area contributed by atoms with Crippen molar-refractivity contribution in [1.29, 1.82) is 5.26 Å². The van der Waals surface area contributed by atoms with Gasteiger partial charge in [-0.25, -0.2) is 5.10 Å². The molecule has 0 aliphatic carbocycles. The quantitative estimate of drug-likeness (QED) is 0.768. The molecule has 0 spiro atoms.